The van der Waals surface area contributed by atoms with E-state index in [0.717, 1.165) is 12.8 Å². The van der Waals surface area contributed by atoms with E-state index in [1.54, 1.807) is 0 Å². The van der Waals surface area contributed by atoms with Crippen LogP contribution in [0.1, 0.15) is 59.3 Å². The Balaban J connectivity index is 3.02. The van der Waals surface area contributed by atoms with Crippen molar-refractivity contribution in [2.75, 3.05) is 7.11 Å². The number of carbonyl (C=O) groups excluding carboxylic acids is 1. The first-order chi connectivity index (χ1) is 8.47. The van der Waals surface area contributed by atoms with E-state index in [0.29, 0.717) is 18.3 Å². The summed E-state index contributed by atoms with van der Waals surface area (Å²) in [4.78, 5) is 11.8. The Morgan fingerprint density at radius 2 is 2.11 bits per heavy atom. The fraction of sp³-hybridized carbons (Fsp3) is 0.933. The maximum absolute atomic E-state index is 11.8. The third-order valence-electron chi connectivity index (χ3n) is 4.83. The van der Waals surface area contributed by atoms with Gasteiger partial charge in [-0.25, -0.2) is 0 Å². The van der Waals surface area contributed by atoms with Gasteiger partial charge in [0.15, 0.2) is 0 Å². The summed E-state index contributed by atoms with van der Waals surface area (Å²) in [5.41, 5.74) is 6.36. The van der Waals surface area contributed by atoms with Crippen molar-refractivity contribution in [2.24, 2.45) is 23.0 Å². The van der Waals surface area contributed by atoms with Crippen molar-refractivity contribution in [1.29, 1.82) is 0 Å². The highest BCUT2D eigenvalue weighted by atomic mass is 16.5. The van der Waals surface area contributed by atoms with Crippen LogP contribution in [0.2, 0.25) is 0 Å². The maximum atomic E-state index is 11.8. The average Bonchev–Trinajstić information content (AvgIpc) is 2.37. The lowest BCUT2D eigenvalue weighted by Crippen LogP contribution is -2.51. The van der Waals surface area contributed by atoms with Crippen molar-refractivity contribution in [3.8, 4) is 0 Å². The highest BCUT2D eigenvalue weighted by Crippen LogP contribution is 2.50. The van der Waals surface area contributed by atoms with Gasteiger partial charge in [-0.05, 0) is 36.5 Å². The summed E-state index contributed by atoms with van der Waals surface area (Å²) >= 11 is 0. The molecule has 1 aliphatic rings. The molecule has 0 aromatic rings. The van der Waals surface area contributed by atoms with Crippen LogP contribution in [0.25, 0.3) is 0 Å². The third kappa shape index (κ3) is 3.05. The molecule has 3 atom stereocenters. The van der Waals surface area contributed by atoms with E-state index in [1.807, 2.05) is 0 Å². The van der Waals surface area contributed by atoms with Crippen LogP contribution in [0.3, 0.4) is 0 Å². The first kappa shape index (κ1) is 15.5. The van der Waals surface area contributed by atoms with Crippen LogP contribution >= 0.6 is 0 Å². The van der Waals surface area contributed by atoms with Crippen molar-refractivity contribution < 1.29 is 9.53 Å². The summed E-state index contributed by atoms with van der Waals surface area (Å²) in [5, 5.41) is 0. The first-order valence-corrected chi connectivity index (χ1v) is 7.30. The maximum Gasteiger partial charge on any atom is 0.306 e. The molecule has 2 N–H and O–H groups in total. The zero-order chi connectivity index (χ0) is 13.8. The summed E-state index contributed by atoms with van der Waals surface area (Å²) in [6.45, 7) is 6.63. The van der Waals surface area contributed by atoms with Gasteiger partial charge in [-0.1, -0.05) is 33.6 Å². The van der Waals surface area contributed by atoms with Gasteiger partial charge in [0.25, 0.3) is 0 Å². The topological polar surface area (TPSA) is 52.3 Å². The SMILES string of the molecule is CCC(N)C1(CC(=O)OC)CCCCC1C(C)C. The first-order valence-electron chi connectivity index (χ1n) is 7.30. The molecular formula is C15H29NO2. The summed E-state index contributed by atoms with van der Waals surface area (Å²) in [5.74, 6) is 1.01. The van der Waals surface area contributed by atoms with Crippen LogP contribution < -0.4 is 5.73 Å². The van der Waals surface area contributed by atoms with E-state index in [2.05, 4.69) is 20.8 Å². The van der Waals surface area contributed by atoms with Crippen LogP contribution in [0, 0.1) is 17.3 Å². The number of esters is 1. The van der Waals surface area contributed by atoms with Gasteiger partial charge >= 0.3 is 5.97 Å². The highest BCUT2D eigenvalue weighted by molar-refractivity contribution is 5.70. The van der Waals surface area contributed by atoms with Crippen molar-refractivity contribution in [1.82, 2.24) is 0 Å². The molecule has 1 rings (SSSR count). The molecule has 0 aromatic heterocycles. The lowest BCUT2D eigenvalue weighted by molar-refractivity contribution is -0.146. The molecule has 1 aliphatic carbocycles. The minimum Gasteiger partial charge on any atom is -0.469 e. The molecule has 0 bridgehead atoms. The second-order valence-electron chi connectivity index (χ2n) is 6.10. The minimum absolute atomic E-state index is 0.0474. The van der Waals surface area contributed by atoms with Crippen LogP contribution in [-0.4, -0.2) is 19.1 Å². The van der Waals surface area contributed by atoms with E-state index in [-0.39, 0.29) is 17.4 Å². The molecule has 1 saturated carbocycles. The highest BCUT2D eigenvalue weighted by Gasteiger charge is 2.47. The number of hydrogen-bond acceptors (Lipinski definition) is 3. The average molecular weight is 255 g/mol. The Morgan fingerprint density at radius 1 is 1.44 bits per heavy atom. The molecule has 3 nitrogen and oxygen atoms in total. The van der Waals surface area contributed by atoms with Gasteiger partial charge in [-0.2, -0.15) is 0 Å². The number of hydrogen-bond donors (Lipinski definition) is 1. The molecule has 0 amide bonds. The number of methoxy groups -OCH3 is 1. The van der Waals surface area contributed by atoms with Gasteiger partial charge in [0, 0.05) is 6.04 Å². The minimum atomic E-state index is -0.105. The summed E-state index contributed by atoms with van der Waals surface area (Å²) in [6, 6.07) is 0.101. The zero-order valence-electron chi connectivity index (χ0n) is 12.4. The lowest BCUT2D eigenvalue weighted by Gasteiger charge is -2.49. The molecule has 0 aromatic carbocycles. The molecule has 0 radical (unpaired) electrons. The monoisotopic (exact) mass is 255 g/mol. The van der Waals surface area contributed by atoms with Crippen LogP contribution in [0.15, 0.2) is 0 Å². The van der Waals surface area contributed by atoms with Gasteiger partial charge in [0.2, 0.25) is 0 Å². The van der Waals surface area contributed by atoms with Gasteiger partial charge < -0.3 is 10.5 Å². The quantitative estimate of drug-likeness (QED) is 0.768. The molecule has 18 heavy (non-hydrogen) atoms. The smallest absolute Gasteiger partial charge is 0.306 e. The summed E-state index contributed by atoms with van der Waals surface area (Å²) < 4.78 is 4.91. The Kier molecular flexibility index (Phi) is 5.64. The number of carbonyl (C=O) groups is 1. The number of rotatable bonds is 5. The molecule has 0 spiro atoms. The molecule has 0 saturated heterocycles. The molecular weight excluding hydrogens is 226 g/mol. The normalized spacial score (nSPS) is 30.2. The zero-order valence-corrected chi connectivity index (χ0v) is 12.4. The predicted octanol–water partition coefficient (Wildman–Crippen LogP) is 3.12. The fourth-order valence-electron chi connectivity index (χ4n) is 3.85. The number of ether oxygens (including phenoxy) is 1. The van der Waals surface area contributed by atoms with Crippen molar-refractivity contribution in [2.45, 2.75) is 65.3 Å². The van der Waals surface area contributed by atoms with Crippen molar-refractivity contribution >= 4 is 5.97 Å². The Bertz CT molecular complexity index is 278. The van der Waals surface area contributed by atoms with Gasteiger partial charge in [-0.3, -0.25) is 4.79 Å². The van der Waals surface area contributed by atoms with Crippen molar-refractivity contribution in [3.05, 3.63) is 0 Å². The van der Waals surface area contributed by atoms with Crippen LogP contribution in [-0.2, 0) is 9.53 Å². The molecule has 106 valence electrons. The van der Waals surface area contributed by atoms with Gasteiger partial charge in [-0.15, -0.1) is 0 Å². The number of nitrogens with two attached hydrogens (primary N) is 1. The second kappa shape index (κ2) is 6.55. The van der Waals surface area contributed by atoms with Crippen LogP contribution in [0.5, 0.6) is 0 Å². The molecule has 3 heteroatoms. The molecule has 1 fully saturated rings. The third-order valence-corrected chi connectivity index (χ3v) is 4.83. The Labute approximate surface area is 111 Å². The van der Waals surface area contributed by atoms with E-state index >= 15 is 0 Å². The van der Waals surface area contributed by atoms with E-state index < -0.39 is 0 Å². The van der Waals surface area contributed by atoms with Gasteiger partial charge in [0.1, 0.15) is 0 Å². The molecule has 3 unspecified atom stereocenters. The molecule has 0 aliphatic heterocycles. The van der Waals surface area contributed by atoms with Crippen molar-refractivity contribution in [3.63, 3.8) is 0 Å². The fourth-order valence-corrected chi connectivity index (χ4v) is 3.85. The van der Waals surface area contributed by atoms with E-state index in [9.17, 15) is 4.79 Å². The Hall–Kier alpha value is -0.570. The molecule has 0 heterocycles. The summed E-state index contributed by atoms with van der Waals surface area (Å²) in [6.07, 6.45) is 6.14. The standard InChI is InChI=1S/C15H29NO2/c1-5-13(16)15(10-14(17)18-4)9-7-6-8-12(15)11(2)3/h11-13H,5-10,16H2,1-4H3. The Morgan fingerprint density at radius 3 is 2.61 bits per heavy atom. The predicted molar refractivity (Wildman–Crippen MR) is 74.1 cm³/mol. The second-order valence-corrected chi connectivity index (χ2v) is 6.10. The van der Waals surface area contributed by atoms with E-state index in [4.69, 9.17) is 10.5 Å². The largest absolute Gasteiger partial charge is 0.469 e. The lowest BCUT2D eigenvalue weighted by atomic mass is 9.57. The van der Waals surface area contributed by atoms with Crippen LogP contribution in [0.4, 0.5) is 0 Å². The van der Waals surface area contributed by atoms with E-state index in [1.165, 1.54) is 26.4 Å². The summed E-state index contributed by atoms with van der Waals surface area (Å²) in [7, 11) is 1.47. The van der Waals surface area contributed by atoms with Gasteiger partial charge in [0.05, 0.1) is 13.5 Å².